The van der Waals surface area contributed by atoms with Gasteiger partial charge in [0.1, 0.15) is 5.15 Å². The van der Waals surface area contributed by atoms with E-state index < -0.39 is 0 Å². The van der Waals surface area contributed by atoms with Gasteiger partial charge in [-0.05, 0) is 18.2 Å². The van der Waals surface area contributed by atoms with Gasteiger partial charge in [0.2, 0.25) is 6.41 Å². The van der Waals surface area contributed by atoms with E-state index >= 15 is 0 Å². The highest BCUT2D eigenvalue weighted by Crippen LogP contribution is 2.26. The Morgan fingerprint density at radius 1 is 1.14 bits per heavy atom. The molecule has 114 valence electrons. The van der Waals surface area contributed by atoms with Crippen LogP contribution >= 0.6 is 23.2 Å². The number of aromatic nitrogens is 1. The Balaban J connectivity index is 1.87. The van der Waals surface area contributed by atoms with Gasteiger partial charge in [0.25, 0.3) is 5.91 Å². The maximum absolute atomic E-state index is 12.5. The van der Waals surface area contributed by atoms with E-state index in [0.717, 1.165) is 11.8 Å². The number of hydrogen-bond donors (Lipinski definition) is 0. The predicted molar refractivity (Wildman–Crippen MR) is 85.3 cm³/mol. The molecule has 0 unspecified atom stereocenters. The van der Waals surface area contributed by atoms with Crippen LogP contribution in [0.4, 0.5) is 0 Å². The number of piperazine rings is 1. The van der Waals surface area contributed by atoms with Gasteiger partial charge in [-0.25, -0.2) is 4.98 Å². The second-order valence-corrected chi connectivity index (χ2v) is 5.89. The molecule has 2 aromatic rings. The number of benzene rings is 1. The van der Waals surface area contributed by atoms with Crippen LogP contribution in [0.3, 0.4) is 0 Å². The molecule has 0 N–H and O–H groups in total. The number of hydrogen-bond acceptors (Lipinski definition) is 3. The minimum absolute atomic E-state index is 0.0784. The largest absolute Gasteiger partial charge is 0.342 e. The highest BCUT2D eigenvalue weighted by molar-refractivity contribution is 6.37. The number of carbonyl (C=O) groups is 2. The molecule has 1 aromatic heterocycles. The molecule has 0 radical (unpaired) electrons. The van der Waals surface area contributed by atoms with Crippen molar-refractivity contribution in [2.75, 3.05) is 26.2 Å². The van der Waals surface area contributed by atoms with Crippen molar-refractivity contribution in [3.8, 4) is 0 Å². The highest BCUT2D eigenvalue weighted by Gasteiger charge is 2.21. The molecular formula is C15H13Cl2N3O2. The Morgan fingerprint density at radius 2 is 1.86 bits per heavy atom. The van der Waals surface area contributed by atoms with E-state index in [1.807, 2.05) is 0 Å². The Labute approximate surface area is 137 Å². The lowest BCUT2D eigenvalue weighted by Crippen LogP contribution is -2.48. The van der Waals surface area contributed by atoms with Crippen LogP contribution in [-0.2, 0) is 4.79 Å². The van der Waals surface area contributed by atoms with Crippen molar-refractivity contribution in [3.05, 3.63) is 40.0 Å². The van der Waals surface area contributed by atoms with Gasteiger partial charge in [-0.1, -0.05) is 29.3 Å². The first-order chi connectivity index (χ1) is 10.6. The van der Waals surface area contributed by atoms with Crippen LogP contribution < -0.4 is 0 Å². The SMILES string of the molecule is O=CN1CCN(C(=O)c2ccc3c(Cl)cc(Cl)nc3c2)CC1. The molecule has 0 bridgehead atoms. The number of fused-ring (bicyclic) bond motifs is 1. The second kappa shape index (κ2) is 6.10. The van der Waals surface area contributed by atoms with Crippen molar-refractivity contribution in [2.24, 2.45) is 0 Å². The summed E-state index contributed by atoms with van der Waals surface area (Å²) in [4.78, 5) is 30.8. The summed E-state index contributed by atoms with van der Waals surface area (Å²) in [6, 6.07) is 6.78. The van der Waals surface area contributed by atoms with Crippen molar-refractivity contribution >= 4 is 46.4 Å². The van der Waals surface area contributed by atoms with Crippen LogP contribution in [0.25, 0.3) is 10.9 Å². The smallest absolute Gasteiger partial charge is 0.254 e. The van der Waals surface area contributed by atoms with Crippen molar-refractivity contribution in [3.63, 3.8) is 0 Å². The fraction of sp³-hybridized carbons (Fsp3) is 0.267. The molecule has 3 rings (SSSR count). The second-order valence-electron chi connectivity index (χ2n) is 5.09. The van der Waals surface area contributed by atoms with E-state index in [1.54, 1.807) is 34.1 Å². The van der Waals surface area contributed by atoms with Crippen LogP contribution in [0.5, 0.6) is 0 Å². The average molecular weight is 338 g/mol. The molecular weight excluding hydrogens is 325 g/mol. The highest BCUT2D eigenvalue weighted by atomic mass is 35.5. The zero-order valence-corrected chi connectivity index (χ0v) is 13.1. The van der Waals surface area contributed by atoms with Gasteiger partial charge in [0.15, 0.2) is 0 Å². The summed E-state index contributed by atoms with van der Waals surface area (Å²) in [6.07, 6.45) is 0.811. The van der Waals surface area contributed by atoms with Gasteiger partial charge in [-0.2, -0.15) is 0 Å². The molecule has 1 fully saturated rings. The Kier molecular flexibility index (Phi) is 4.18. The summed E-state index contributed by atoms with van der Waals surface area (Å²) in [6.45, 7) is 2.16. The Bertz CT molecular complexity index is 743. The normalized spacial score (nSPS) is 15.2. The summed E-state index contributed by atoms with van der Waals surface area (Å²) in [7, 11) is 0. The lowest BCUT2D eigenvalue weighted by atomic mass is 10.1. The molecule has 1 aromatic carbocycles. The first kappa shape index (κ1) is 15.1. The first-order valence-electron chi connectivity index (χ1n) is 6.83. The minimum Gasteiger partial charge on any atom is -0.342 e. The van der Waals surface area contributed by atoms with Gasteiger partial charge in [-0.15, -0.1) is 0 Å². The summed E-state index contributed by atoms with van der Waals surface area (Å²) >= 11 is 12.0. The van der Waals surface area contributed by atoms with E-state index in [0.29, 0.717) is 47.4 Å². The molecule has 1 saturated heterocycles. The quantitative estimate of drug-likeness (QED) is 0.624. The van der Waals surface area contributed by atoms with Gasteiger partial charge >= 0.3 is 0 Å². The summed E-state index contributed by atoms with van der Waals surface area (Å²) in [5, 5.41) is 1.56. The molecule has 0 aliphatic carbocycles. The number of halogens is 2. The molecule has 2 amide bonds. The van der Waals surface area contributed by atoms with E-state index in [4.69, 9.17) is 23.2 Å². The van der Waals surface area contributed by atoms with Crippen molar-refractivity contribution in [1.29, 1.82) is 0 Å². The molecule has 0 spiro atoms. The molecule has 7 heteroatoms. The maximum atomic E-state index is 12.5. The Morgan fingerprint density at radius 3 is 2.55 bits per heavy atom. The minimum atomic E-state index is -0.0784. The van der Waals surface area contributed by atoms with Crippen molar-refractivity contribution in [1.82, 2.24) is 14.8 Å². The number of nitrogens with zero attached hydrogens (tertiary/aromatic N) is 3. The van der Waals surface area contributed by atoms with Crippen molar-refractivity contribution < 1.29 is 9.59 Å². The zero-order valence-electron chi connectivity index (χ0n) is 11.6. The van der Waals surface area contributed by atoms with E-state index in [-0.39, 0.29) is 5.91 Å². The van der Waals surface area contributed by atoms with Crippen LogP contribution in [0, 0.1) is 0 Å². The Hall–Kier alpha value is -1.85. The predicted octanol–water partition coefficient (Wildman–Crippen LogP) is 2.46. The third kappa shape index (κ3) is 2.87. The molecule has 0 saturated carbocycles. The standard InChI is InChI=1S/C15H13Cl2N3O2/c16-12-8-14(17)18-13-7-10(1-2-11(12)13)15(22)20-5-3-19(9-21)4-6-20/h1-2,7-9H,3-6H2. The monoisotopic (exact) mass is 337 g/mol. The number of pyridine rings is 1. The molecule has 0 atom stereocenters. The molecule has 1 aliphatic rings. The average Bonchev–Trinajstić information content (AvgIpc) is 2.53. The summed E-state index contributed by atoms with van der Waals surface area (Å²) in [5.41, 5.74) is 1.13. The maximum Gasteiger partial charge on any atom is 0.254 e. The third-order valence-electron chi connectivity index (χ3n) is 3.73. The lowest BCUT2D eigenvalue weighted by molar-refractivity contribution is -0.119. The van der Waals surface area contributed by atoms with Crippen molar-refractivity contribution in [2.45, 2.75) is 0 Å². The van der Waals surface area contributed by atoms with E-state index in [1.165, 1.54) is 0 Å². The number of rotatable bonds is 2. The number of amides is 2. The summed E-state index contributed by atoms with van der Waals surface area (Å²) < 4.78 is 0. The fourth-order valence-corrected chi connectivity index (χ4v) is 3.02. The third-order valence-corrected chi connectivity index (χ3v) is 4.23. The molecule has 1 aliphatic heterocycles. The molecule has 22 heavy (non-hydrogen) atoms. The van der Waals surface area contributed by atoms with Gasteiger partial charge in [0, 0.05) is 37.1 Å². The van der Waals surface area contributed by atoms with Gasteiger partial charge in [0.05, 0.1) is 10.5 Å². The van der Waals surface area contributed by atoms with Crippen LogP contribution in [0.15, 0.2) is 24.3 Å². The van der Waals surface area contributed by atoms with Crippen LogP contribution in [-0.4, -0.2) is 53.3 Å². The lowest BCUT2D eigenvalue weighted by Gasteiger charge is -2.32. The molecule has 2 heterocycles. The van der Waals surface area contributed by atoms with Crippen LogP contribution in [0.1, 0.15) is 10.4 Å². The zero-order chi connectivity index (χ0) is 15.7. The van der Waals surface area contributed by atoms with E-state index in [9.17, 15) is 9.59 Å². The van der Waals surface area contributed by atoms with Crippen LogP contribution in [0.2, 0.25) is 10.2 Å². The van der Waals surface area contributed by atoms with Gasteiger partial charge in [-0.3, -0.25) is 9.59 Å². The summed E-state index contributed by atoms with van der Waals surface area (Å²) in [5.74, 6) is -0.0784. The molecule has 5 nitrogen and oxygen atoms in total. The van der Waals surface area contributed by atoms with Gasteiger partial charge < -0.3 is 9.80 Å². The first-order valence-corrected chi connectivity index (χ1v) is 7.58. The topological polar surface area (TPSA) is 53.5 Å². The van der Waals surface area contributed by atoms with E-state index in [2.05, 4.69) is 4.98 Å². The fourth-order valence-electron chi connectivity index (χ4n) is 2.50. The number of carbonyl (C=O) groups excluding carboxylic acids is 2.